The summed E-state index contributed by atoms with van der Waals surface area (Å²) in [5, 5.41) is 22.2. The lowest BCUT2D eigenvalue weighted by Gasteiger charge is -2.43. The maximum absolute atomic E-state index is 11.2. The number of hydrogen-bond donors (Lipinski definition) is 3. The number of benzene rings is 1. The minimum absolute atomic E-state index is 0.0543. The zero-order chi connectivity index (χ0) is 23.3. The quantitative estimate of drug-likeness (QED) is 0.250. The molecule has 5 nitrogen and oxygen atoms in total. The van der Waals surface area contributed by atoms with Crippen LogP contribution in [-0.4, -0.2) is 29.3 Å². The third-order valence-corrected chi connectivity index (χ3v) is 7.47. The molecule has 3 rings (SSSR count). The maximum atomic E-state index is 11.2. The fraction of sp³-hybridized carbons (Fsp3) is 0.593. The van der Waals surface area contributed by atoms with Gasteiger partial charge in [0.2, 0.25) is 0 Å². The number of nitrogens with two attached hydrogens (primary N) is 1. The molecule has 32 heavy (non-hydrogen) atoms. The largest absolute Gasteiger partial charge is 0.507 e. The molecule has 0 heterocycles. The first-order valence-electron chi connectivity index (χ1n) is 12.0. The Balaban J connectivity index is 1.90. The van der Waals surface area contributed by atoms with E-state index in [2.05, 4.69) is 6.58 Å². The van der Waals surface area contributed by atoms with Crippen molar-refractivity contribution in [3.63, 3.8) is 0 Å². The van der Waals surface area contributed by atoms with E-state index >= 15 is 0 Å². The van der Waals surface area contributed by atoms with Crippen molar-refractivity contribution in [3.05, 3.63) is 47.1 Å². The fourth-order valence-electron chi connectivity index (χ4n) is 5.47. The van der Waals surface area contributed by atoms with Crippen LogP contribution in [0.15, 0.2) is 35.9 Å². The molecule has 0 bridgehead atoms. The highest BCUT2D eigenvalue weighted by molar-refractivity contribution is 5.66. The lowest BCUT2D eigenvalue weighted by molar-refractivity contribution is -0.140. The topological polar surface area (TPSA) is 92.8 Å². The molecule has 1 fully saturated rings. The van der Waals surface area contributed by atoms with Gasteiger partial charge in [-0.3, -0.25) is 4.79 Å². The minimum atomic E-state index is -0.309. The number of aromatic hydroxyl groups is 2. The smallest absolute Gasteiger partial charge is 0.302 e. The highest BCUT2D eigenvalue weighted by atomic mass is 16.5. The third kappa shape index (κ3) is 5.37. The van der Waals surface area contributed by atoms with Crippen LogP contribution >= 0.6 is 0 Å². The Hall–Kier alpha value is -2.27. The van der Waals surface area contributed by atoms with Crippen molar-refractivity contribution in [1.82, 2.24) is 0 Å². The monoisotopic (exact) mass is 441 g/mol. The normalized spacial score (nSPS) is 22.0. The van der Waals surface area contributed by atoms with Gasteiger partial charge in [0.05, 0.1) is 0 Å². The number of phenolic OH excluding ortho intramolecular Hbond substituents is 2. The number of esters is 1. The van der Waals surface area contributed by atoms with Crippen molar-refractivity contribution in [1.29, 1.82) is 0 Å². The molecule has 176 valence electrons. The molecule has 5 heteroatoms. The number of carbonyl (C=O) groups is 1. The van der Waals surface area contributed by atoms with Crippen molar-refractivity contribution < 1.29 is 19.7 Å². The van der Waals surface area contributed by atoms with Crippen LogP contribution < -0.4 is 5.73 Å². The van der Waals surface area contributed by atoms with E-state index < -0.39 is 0 Å². The van der Waals surface area contributed by atoms with Crippen molar-refractivity contribution in [2.75, 3.05) is 13.2 Å². The molecule has 2 aliphatic rings. The molecule has 1 saturated carbocycles. The van der Waals surface area contributed by atoms with Crippen LogP contribution in [0.5, 0.6) is 11.5 Å². The Kier molecular flexibility index (Phi) is 8.05. The second kappa shape index (κ2) is 10.6. The van der Waals surface area contributed by atoms with Gasteiger partial charge >= 0.3 is 5.97 Å². The predicted molar refractivity (Wildman–Crippen MR) is 128 cm³/mol. The average molecular weight is 442 g/mol. The molecule has 1 unspecified atom stereocenters. The van der Waals surface area contributed by atoms with Gasteiger partial charge in [-0.1, -0.05) is 37.5 Å². The van der Waals surface area contributed by atoms with Crippen LogP contribution in [0.25, 0.3) is 0 Å². The van der Waals surface area contributed by atoms with Gasteiger partial charge in [0.1, 0.15) is 18.1 Å². The molecule has 0 amide bonds. The van der Waals surface area contributed by atoms with Gasteiger partial charge < -0.3 is 20.7 Å². The van der Waals surface area contributed by atoms with Crippen molar-refractivity contribution in [2.45, 2.75) is 83.0 Å². The van der Waals surface area contributed by atoms with Crippen molar-refractivity contribution in [3.8, 4) is 11.5 Å². The number of allylic oxidation sites excluding steroid dienone is 2. The molecular weight excluding hydrogens is 402 g/mol. The summed E-state index contributed by atoms with van der Waals surface area (Å²) < 4.78 is 5.20. The zero-order valence-corrected chi connectivity index (χ0v) is 19.7. The lowest BCUT2D eigenvalue weighted by Crippen LogP contribution is -2.34. The SMILES string of the molecule is C=C(C)C1CCC(COC(C)=O)=C[C@@H]1c1c(O)cc(C2(CCCCCN)CCC2)cc1O. The highest BCUT2D eigenvalue weighted by Crippen LogP contribution is 2.52. The molecule has 2 aliphatic carbocycles. The number of phenols is 2. The van der Waals surface area contributed by atoms with E-state index in [1.807, 2.05) is 25.1 Å². The molecule has 0 radical (unpaired) electrons. The van der Waals surface area contributed by atoms with Crippen molar-refractivity contribution >= 4 is 5.97 Å². The molecule has 0 aromatic heterocycles. The Morgan fingerprint density at radius 3 is 2.41 bits per heavy atom. The van der Waals surface area contributed by atoms with Crippen LogP contribution in [0.3, 0.4) is 0 Å². The first kappa shape index (κ1) is 24.4. The van der Waals surface area contributed by atoms with E-state index in [1.54, 1.807) is 0 Å². The van der Waals surface area contributed by atoms with E-state index in [9.17, 15) is 15.0 Å². The molecule has 1 aromatic carbocycles. The van der Waals surface area contributed by atoms with Crippen LogP contribution in [0.4, 0.5) is 0 Å². The zero-order valence-electron chi connectivity index (χ0n) is 19.7. The average Bonchev–Trinajstić information content (AvgIpc) is 2.70. The summed E-state index contributed by atoms with van der Waals surface area (Å²) in [5.41, 5.74) is 9.33. The molecule has 1 aromatic rings. The summed E-state index contributed by atoms with van der Waals surface area (Å²) in [6.45, 7) is 8.53. The first-order valence-corrected chi connectivity index (χ1v) is 12.0. The Morgan fingerprint density at radius 2 is 1.88 bits per heavy atom. The molecule has 2 atom stereocenters. The van der Waals surface area contributed by atoms with Gasteiger partial charge in [0.25, 0.3) is 0 Å². The van der Waals surface area contributed by atoms with Crippen LogP contribution in [0, 0.1) is 5.92 Å². The maximum Gasteiger partial charge on any atom is 0.302 e. The van der Waals surface area contributed by atoms with E-state index in [4.69, 9.17) is 10.5 Å². The Bertz CT molecular complexity index is 845. The number of hydrogen-bond acceptors (Lipinski definition) is 5. The summed E-state index contributed by atoms with van der Waals surface area (Å²) in [6, 6.07) is 3.75. The second-order valence-corrected chi connectivity index (χ2v) is 9.78. The van der Waals surface area contributed by atoms with Gasteiger partial charge in [-0.05, 0) is 86.6 Å². The lowest BCUT2D eigenvalue weighted by atomic mass is 9.61. The highest BCUT2D eigenvalue weighted by Gasteiger charge is 2.40. The Morgan fingerprint density at radius 1 is 1.19 bits per heavy atom. The van der Waals surface area contributed by atoms with Crippen LogP contribution in [0.1, 0.15) is 88.7 Å². The molecule has 0 aliphatic heterocycles. The summed E-state index contributed by atoms with van der Waals surface area (Å²) in [5.74, 6) is -0.0869. The number of rotatable bonds is 10. The fourth-order valence-corrected chi connectivity index (χ4v) is 5.47. The second-order valence-electron chi connectivity index (χ2n) is 9.78. The van der Waals surface area contributed by atoms with E-state index in [0.29, 0.717) is 5.56 Å². The third-order valence-electron chi connectivity index (χ3n) is 7.47. The van der Waals surface area contributed by atoms with Gasteiger partial charge in [0, 0.05) is 18.4 Å². The number of unbranched alkanes of at least 4 members (excludes halogenated alkanes) is 2. The van der Waals surface area contributed by atoms with E-state index in [1.165, 1.54) is 13.3 Å². The van der Waals surface area contributed by atoms with Gasteiger partial charge in [0.15, 0.2) is 0 Å². The van der Waals surface area contributed by atoms with Crippen LogP contribution in [-0.2, 0) is 14.9 Å². The predicted octanol–water partition coefficient (Wildman–Crippen LogP) is 5.60. The van der Waals surface area contributed by atoms with Gasteiger partial charge in [-0.25, -0.2) is 0 Å². The Labute approximate surface area is 192 Å². The first-order chi connectivity index (χ1) is 15.3. The van der Waals surface area contributed by atoms with Crippen LogP contribution in [0.2, 0.25) is 0 Å². The summed E-state index contributed by atoms with van der Waals surface area (Å²) >= 11 is 0. The summed E-state index contributed by atoms with van der Waals surface area (Å²) in [6.07, 6.45) is 11.4. The molecule has 4 N–H and O–H groups in total. The molecule has 0 spiro atoms. The van der Waals surface area contributed by atoms with Gasteiger partial charge in [-0.15, -0.1) is 0 Å². The van der Waals surface area contributed by atoms with E-state index in [0.717, 1.165) is 74.6 Å². The van der Waals surface area contributed by atoms with Gasteiger partial charge in [-0.2, -0.15) is 0 Å². The molecular formula is C27H39NO4. The standard InChI is InChI=1S/C27H39NO4/c1-18(2)22-9-8-20(17-32-19(3)29)14-23(22)26-24(30)15-21(16-25(26)31)27(11-7-12-27)10-5-4-6-13-28/h14-16,22-23,30-31H,1,4-13,17,28H2,2-3H3/t22?,23-/m0/s1. The van der Waals surface area contributed by atoms with E-state index in [-0.39, 0.29) is 41.3 Å². The number of carbonyl (C=O) groups excluding carboxylic acids is 1. The number of ether oxygens (including phenoxy) is 1. The summed E-state index contributed by atoms with van der Waals surface area (Å²) in [7, 11) is 0. The summed E-state index contributed by atoms with van der Waals surface area (Å²) in [4.78, 5) is 11.2. The van der Waals surface area contributed by atoms with Crippen molar-refractivity contribution in [2.24, 2.45) is 11.7 Å². The molecule has 0 saturated heterocycles. The minimum Gasteiger partial charge on any atom is -0.507 e.